The lowest BCUT2D eigenvalue weighted by Gasteiger charge is -2.43. The minimum Gasteiger partial charge on any atom is -0.508 e. The first kappa shape index (κ1) is 29.3. The number of esters is 2. The van der Waals surface area contributed by atoms with Crippen LogP contribution in [0.4, 0.5) is 0 Å². The lowest BCUT2D eigenvalue weighted by atomic mass is 9.85. The van der Waals surface area contributed by atoms with Gasteiger partial charge in [-0.3, -0.25) is 0 Å². The SMILES string of the molecule is O=C(OCC1OC(OC2OC=CC3C(OC(=O)c4ccc(O)cc4)C4OC4(CO)C23)C(O)C(O)C1O)c1ccc(O)cc1. The van der Waals surface area contributed by atoms with Crippen LogP contribution >= 0.6 is 0 Å². The number of aliphatic hydroxyl groups excluding tert-OH is 4. The molecule has 2 aromatic rings. The van der Waals surface area contributed by atoms with Crippen LogP contribution in [0.1, 0.15) is 20.7 Å². The molecule has 43 heavy (non-hydrogen) atoms. The Labute approximate surface area is 244 Å². The van der Waals surface area contributed by atoms with Crippen molar-refractivity contribution in [2.45, 2.75) is 54.8 Å². The number of hydrogen-bond donors (Lipinski definition) is 6. The molecule has 0 bridgehead atoms. The minimum absolute atomic E-state index is 0.0165. The van der Waals surface area contributed by atoms with E-state index in [0.29, 0.717) is 0 Å². The van der Waals surface area contributed by atoms with Crippen molar-refractivity contribution in [2.24, 2.45) is 11.8 Å². The first-order valence-electron chi connectivity index (χ1n) is 13.5. The largest absolute Gasteiger partial charge is 0.508 e. The zero-order valence-corrected chi connectivity index (χ0v) is 22.4. The summed E-state index contributed by atoms with van der Waals surface area (Å²) in [5, 5.41) is 60.9. The average molecular weight is 603 g/mol. The molecule has 0 aromatic heterocycles. The zero-order chi connectivity index (χ0) is 30.5. The molecular weight excluding hydrogens is 572 g/mol. The van der Waals surface area contributed by atoms with Crippen LogP contribution in [0, 0.1) is 11.8 Å². The number of phenols is 2. The van der Waals surface area contributed by atoms with Crippen LogP contribution < -0.4 is 0 Å². The number of phenolic OH excluding ortho intramolecular Hbond substituents is 2. The third kappa shape index (κ3) is 5.31. The van der Waals surface area contributed by atoms with Gasteiger partial charge in [0.1, 0.15) is 60.3 Å². The number of carbonyl (C=O) groups excluding carboxylic acids is 2. The summed E-state index contributed by atoms with van der Waals surface area (Å²) < 4.78 is 34.1. The summed E-state index contributed by atoms with van der Waals surface area (Å²) in [7, 11) is 0. The molecule has 14 nitrogen and oxygen atoms in total. The Bertz CT molecular complexity index is 1360. The Balaban J connectivity index is 1.14. The van der Waals surface area contributed by atoms with Gasteiger partial charge in [-0.2, -0.15) is 0 Å². The van der Waals surface area contributed by atoms with Crippen molar-refractivity contribution < 1.29 is 68.6 Å². The van der Waals surface area contributed by atoms with Crippen LogP contribution in [-0.4, -0.2) is 111 Å². The van der Waals surface area contributed by atoms with Gasteiger partial charge < -0.3 is 59.1 Å². The molecule has 11 atom stereocenters. The molecule has 6 rings (SSSR count). The van der Waals surface area contributed by atoms with Crippen LogP contribution in [0.5, 0.6) is 11.5 Å². The molecule has 0 spiro atoms. The number of aromatic hydroxyl groups is 2. The van der Waals surface area contributed by atoms with E-state index in [1.807, 2.05) is 0 Å². The normalized spacial score (nSPS) is 37.5. The number of carbonyl (C=O) groups is 2. The van der Waals surface area contributed by atoms with E-state index >= 15 is 0 Å². The monoisotopic (exact) mass is 602 g/mol. The van der Waals surface area contributed by atoms with Crippen LogP contribution in [-0.2, 0) is 28.4 Å². The molecular formula is C29H30O14. The summed E-state index contributed by atoms with van der Waals surface area (Å²) in [5.41, 5.74) is -0.875. The molecule has 1 saturated carbocycles. The zero-order valence-electron chi connectivity index (χ0n) is 22.4. The molecule has 2 saturated heterocycles. The number of fused-ring (bicyclic) bond motifs is 3. The lowest BCUT2D eigenvalue weighted by molar-refractivity contribution is -0.344. The fourth-order valence-corrected chi connectivity index (χ4v) is 5.90. The maximum Gasteiger partial charge on any atom is 0.338 e. The smallest absolute Gasteiger partial charge is 0.338 e. The number of hydrogen-bond acceptors (Lipinski definition) is 14. The standard InChI is InChI=1S/C29H30O14/c30-12-29-19-17(23(24(29)43-29)41-26(37)14-3-7-16(32)8-4-14)9-10-38-27(19)42-28-22(35)21(34)20(33)18(40-28)11-39-25(36)13-1-5-15(31)6-2-13/h1-10,17-24,27-28,30-35H,11-12H2. The van der Waals surface area contributed by atoms with E-state index in [0.717, 1.165) is 0 Å². The minimum atomic E-state index is -1.75. The predicted molar refractivity (Wildman–Crippen MR) is 139 cm³/mol. The molecule has 3 aliphatic heterocycles. The molecule has 2 aromatic carbocycles. The average Bonchev–Trinajstić information content (AvgIpc) is 3.68. The second-order valence-electron chi connectivity index (χ2n) is 10.8. The number of ether oxygens (including phenoxy) is 6. The van der Waals surface area contributed by atoms with Gasteiger partial charge in [-0.1, -0.05) is 0 Å². The van der Waals surface area contributed by atoms with E-state index in [1.165, 1.54) is 54.8 Å². The van der Waals surface area contributed by atoms with Crippen molar-refractivity contribution in [1.82, 2.24) is 0 Å². The molecule has 14 heteroatoms. The van der Waals surface area contributed by atoms with Crippen LogP contribution in [0.3, 0.4) is 0 Å². The predicted octanol–water partition coefficient (Wildman–Crippen LogP) is -0.450. The second kappa shape index (κ2) is 11.4. The first-order chi connectivity index (χ1) is 20.6. The third-order valence-corrected chi connectivity index (χ3v) is 8.25. The maximum atomic E-state index is 12.8. The summed E-state index contributed by atoms with van der Waals surface area (Å²) >= 11 is 0. The van der Waals surface area contributed by atoms with Gasteiger partial charge in [0.05, 0.1) is 29.9 Å². The number of rotatable bonds is 8. The van der Waals surface area contributed by atoms with Crippen molar-refractivity contribution in [1.29, 1.82) is 0 Å². The van der Waals surface area contributed by atoms with Gasteiger partial charge in [0.25, 0.3) is 0 Å². The van der Waals surface area contributed by atoms with Crippen LogP contribution in [0.15, 0.2) is 60.9 Å². The van der Waals surface area contributed by atoms with Crippen LogP contribution in [0.2, 0.25) is 0 Å². The highest BCUT2D eigenvalue weighted by atomic mass is 16.8. The summed E-state index contributed by atoms with van der Waals surface area (Å²) in [6.45, 7) is -0.975. The third-order valence-electron chi connectivity index (χ3n) is 8.25. The fraction of sp³-hybridized carbons (Fsp3) is 0.448. The number of benzene rings is 2. The molecule has 1 aliphatic carbocycles. The summed E-state index contributed by atoms with van der Waals surface area (Å²) in [6.07, 6.45) is -7.77. The molecule has 4 aliphatic rings. The highest BCUT2D eigenvalue weighted by molar-refractivity contribution is 5.90. The molecule has 230 valence electrons. The van der Waals surface area contributed by atoms with Crippen molar-refractivity contribution in [2.75, 3.05) is 13.2 Å². The van der Waals surface area contributed by atoms with E-state index in [1.54, 1.807) is 6.08 Å². The van der Waals surface area contributed by atoms with Crippen molar-refractivity contribution >= 4 is 11.9 Å². The highest BCUT2D eigenvalue weighted by Crippen LogP contribution is 2.60. The topological polar surface area (TPSA) is 214 Å². The van der Waals surface area contributed by atoms with E-state index in [9.17, 15) is 40.2 Å². The highest BCUT2D eigenvalue weighted by Gasteiger charge is 2.77. The number of aliphatic hydroxyl groups is 4. The van der Waals surface area contributed by atoms with E-state index in [2.05, 4.69) is 0 Å². The van der Waals surface area contributed by atoms with Crippen LogP contribution in [0.25, 0.3) is 0 Å². The van der Waals surface area contributed by atoms with Crippen molar-refractivity contribution in [3.63, 3.8) is 0 Å². The molecule has 6 N–H and O–H groups in total. The Morgan fingerprint density at radius 1 is 0.837 bits per heavy atom. The summed E-state index contributed by atoms with van der Waals surface area (Å²) in [4.78, 5) is 25.2. The van der Waals surface area contributed by atoms with E-state index in [4.69, 9.17) is 28.4 Å². The van der Waals surface area contributed by atoms with Gasteiger partial charge in [-0.05, 0) is 54.6 Å². The van der Waals surface area contributed by atoms with Gasteiger partial charge >= 0.3 is 11.9 Å². The number of epoxide rings is 1. The second-order valence-corrected chi connectivity index (χ2v) is 10.8. The summed E-state index contributed by atoms with van der Waals surface area (Å²) in [6, 6.07) is 10.8. The maximum absolute atomic E-state index is 12.8. The van der Waals surface area contributed by atoms with Gasteiger partial charge in [0.15, 0.2) is 6.29 Å². The van der Waals surface area contributed by atoms with Gasteiger partial charge in [0, 0.05) is 5.92 Å². The Hall–Kier alpha value is -3.76. The molecule has 3 heterocycles. The molecule has 0 amide bonds. The summed E-state index contributed by atoms with van der Waals surface area (Å²) in [5.74, 6) is -2.79. The van der Waals surface area contributed by atoms with E-state index < -0.39 is 91.8 Å². The Kier molecular flexibility index (Phi) is 7.76. The quantitative estimate of drug-likeness (QED) is 0.167. The molecule has 3 fully saturated rings. The Morgan fingerprint density at radius 3 is 2.09 bits per heavy atom. The van der Waals surface area contributed by atoms with Crippen molar-refractivity contribution in [3.05, 3.63) is 72.0 Å². The molecule has 0 radical (unpaired) electrons. The van der Waals surface area contributed by atoms with Gasteiger partial charge in [-0.15, -0.1) is 0 Å². The fourth-order valence-electron chi connectivity index (χ4n) is 5.90. The molecule has 11 unspecified atom stereocenters. The van der Waals surface area contributed by atoms with E-state index in [-0.39, 0.29) is 22.6 Å². The van der Waals surface area contributed by atoms with Gasteiger partial charge in [-0.25, -0.2) is 9.59 Å². The lowest BCUT2D eigenvalue weighted by Crippen LogP contribution is -2.60. The Morgan fingerprint density at radius 2 is 1.47 bits per heavy atom. The van der Waals surface area contributed by atoms with Crippen molar-refractivity contribution in [3.8, 4) is 11.5 Å². The first-order valence-corrected chi connectivity index (χ1v) is 13.5. The van der Waals surface area contributed by atoms with Gasteiger partial charge in [0.2, 0.25) is 6.29 Å².